The lowest BCUT2D eigenvalue weighted by Crippen LogP contribution is -2.39. The molecule has 4 heteroatoms. The van der Waals surface area contributed by atoms with Crippen molar-refractivity contribution in [2.24, 2.45) is 0 Å². The van der Waals surface area contributed by atoms with Gasteiger partial charge in [0.15, 0.2) is 0 Å². The van der Waals surface area contributed by atoms with Crippen molar-refractivity contribution in [2.75, 3.05) is 13.1 Å². The summed E-state index contributed by atoms with van der Waals surface area (Å²) in [6.45, 7) is 4.39. The summed E-state index contributed by atoms with van der Waals surface area (Å²) in [6.07, 6.45) is 4.60. The van der Waals surface area contributed by atoms with E-state index >= 15 is 0 Å². The highest BCUT2D eigenvalue weighted by atomic mass is 19.1. The number of nitrogens with zero attached hydrogens (tertiary/aromatic N) is 2. The SMILES string of the molecule is CC1(c2nc3ccc(F)cc3n2C2CC2)CCNCC1. The number of rotatable bonds is 2. The molecule has 2 aromatic rings. The minimum absolute atomic E-state index is 0.114. The smallest absolute Gasteiger partial charge is 0.125 e. The van der Waals surface area contributed by atoms with Gasteiger partial charge in [0.05, 0.1) is 11.0 Å². The lowest BCUT2D eigenvalue weighted by atomic mass is 9.80. The standard InChI is InChI=1S/C16H20FN3/c1-16(6-8-18-9-7-16)15-19-13-5-2-11(17)10-14(13)20(15)12-3-4-12/h2,5,10,12,18H,3-4,6-9H2,1H3. The van der Waals surface area contributed by atoms with Gasteiger partial charge in [-0.15, -0.1) is 0 Å². The van der Waals surface area contributed by atoms with Gasteiger partial charge in [-0.05, 0) is 57.0 Å². The Kier molecular flexibility index (Phi) is 2.64. The molecule has 0 atom stereocenters. The zero-order valence-corrected chi connectivity index (χ0v) is 11.8. The number of piperidine rings is 1. The van der Waals surface area contributed by atoms with E-state index in [2.05, 4.69) is 16.8 Å². The molecule has 3 nitrogen and oxygen atoms in total. The van der Waals surface area contributed by atoms with Crippen LogP contribution in [0.25, 0.3) is 11.0 Å². The average Bonchev–Trinajstić information content (AvgIpc) is 3.20. The molecule has 20 heavy (non-hydrogen) atoms. The van der Waals surface area contributed by atoms with Gasteiger partial charge in [-0.2, -0.15) is 0 Å². The first-order valence-corrected chi connectivity index (χ1v) is 7.56. The predicted molar refractivity (Wildman–Crippen MR) is 77.4 cm³/mol. The van der Waals surface area contributed by atoms with E-state index in [1.807, 2.05) is 6.07 Å². The first-order valence-electron chi connectivity index (χ1n) is 7.56. The van der Waals surface area contributed by atoms with Crippen molar-refractivity contribution in [1.29, 1.82) is 0 Å². The highest BCUT2D eigenvalue weighted by Crippen LogP contribution is 2.43. The number of fused-ring (bicyclic) bond motifs is 1. The second-order valence-corrected chi connectivity index (χ2v) is 6.48. The van der Waals surface area contributed by atoms with Crippen LogP contribution in [0.3, 0.4) is 0 Å². The molecular formula is C16H20FN3. The maximum atomic E-state index is 13.6. The molecule has 4 rings (SSSR count). The summed E-state index contributed by atoms with van der Waals surface area (Å²) in [5.74, 6) is 1.00. The molecule has 1 saturated carbocycles. The molecule has 1 aromatic carbocycles. The van der Waals surface area contributed by atoms with Crippen molar-refractivity contribution < 1.29 is 4.39 Å². The molecule has 1 aliphatic carbocycles. The second kappa shape index (κ2) is 4.29. The Morgan fingerprint density at radius 2 is 2.05 bits per heavy atom. The van der Waals surface area contributed by atoms with Gasteiger partial charge >= 0.3 is 0 Å². The molecule has 106 valence electrons. The Hall–Kier alpha value is -1.42. The third-order valence-electron chi connectivity index (χ3n) is 4.81. The lowest BCUT2D eigenvalue weighted by molar-refractivity contribution is 0.310. The van der Waals surface area contributed by atoms with Crippen molar-refractivity contribution in [2.45, 2.75) is 44.1 Å². The lowest BCUT2D eigenvalue weighted by Gasteiger charge is -2.34. The number of imidazole rings is 1. The van der Waals surface area contributed by atoms with Gasteiger partial charge in [-0.1, -0.05) is 6.92 Å². The largest absolute Gasteiger partial charge is 0.324 e. The molecule has 1 aliphatic heterocycles. The average molecular weight is 273 g/mol. The molecule has 1 saturated heterocycles. The third kappa shape index (κ3) is 1.85. The maximum Gasteiger partial charge on any atom is 0.125 e. The molecule has 0 amide bonds. The highest BCUT2D eigenvalue weighted by molar-refractivity contribution is 5.76. The van der Waals surface area contributed by atoms with Crippen LogP contribution in [0.4, 0.5) is 4.39 Å². The van der Waals surface area contributed by atoms with Crippen molar-refractivity contribution in [3.8, 4) is 0 Å². The minimum atomic E-state index is -0.165. The summed E-state index contributed by atoms with van der Waals surface area (Å²) in [6, 6.07) is 5.51. The molecule has 2 heterocycles. The third-order valence-corrected chi connectivity index (χ3v) is 4.81. The first-order chi connectivity index (χ1) is 9.67. The topological polar surface area (TPSA) is 29.9 Å². The fourth-order valence-corrected chi connectivity index (χ4v) is 3.40. The van der Waals surface area contributed by atoms with E-state index in [0.717, 1.165) is 37.0 Å². The number of hydrogen-bond donors (Lipinski definition) is 1. The van der Waals surface area contributed by atoms with Crippen LogP contribution in [-0.2, 0) is 5.41 Å². The van der Waals surface area contributed by atoms with E-state index in [4.69, 9.17) is 4.98 Å². The number of hydrogen-bond acceptors (Lipinski definition) is 2. The van der Waals surface area contributed by atoms with Crippen molar-refractivity contribution in [1.82, 2.24) is 14.9 Å². The van der Waals surface area contributed by atoms with Crippen LogP contribution < -0.4 is 5.32 Å². The van der Waals surface area contributed by atoms with Crippen molar-refractivity contribution >= 4 is 11.0 Å². The van der Waals surface area contributed by atoms with Crippen LogP contribution in [0.1, 0.15) is 44.5 Å². The van der Waals surface area contributed by atoms with Gasteiger partial charge in [0.25, 0.3) is 0 Å². The molecule has 0 bridgehead atoms. The summed E-state index contributed by atoms with van der Waals surface area (Å²) in [7, 11) is 0. The van der Waals surface area contributed by atoms with E-state index in [1.165, 1.54) is 24.7 Å². The molecule has 0 unspecified atom stereocenters. The maximum absolute atomic E-state index is 13.6. The number of nitrogens with one attached hydrogen (secondary N) is 1. The molecule has 1 aromatic heterocycles. The zero-order valence-electron chi connectivity index (χ0n) is 11.8. The fraction of sp³-hybridized carbons (Fsp3) is 0.562. The number of benzene rings is 1. The Bertz CT molecular complexity index is 651. The van der Waals surface area contributed by atoms with Gasteiger partial charge in [0, 0.05) is 11.5 Å². The van der Waals surface area contributed by atoms with Crippen molar-refractivity contribution in [3.63, 3.8) is 0 Å². The number of aromatic nitrogens is 2. The Morgan fingerprint density at radius 1 is 1.30 bits per heavy atom. The summed E-state index contributed by atoms with van der Waals surface area (Å²) < 4.78 is 15.9. The highest BCUT2D eigenvalue weighted by Gasteiger charge is 2.38. The van der Waals surface area contributed by atoms with E-state index in [0.29, 0.717) is 6.04 Å². The van der Waals surface area contributed by atoms with Crippen LogP contribution in [0.2, 0.25) is 0 Å². The molecule has 2 fully saturated rings. The first kappa shape index (κ1) is 12.3. The van der Waals surface area contributed by atoms with Crippen LogP contribution in [0, 0.1) is 5.82 Å². The van der Waals surface area contributed by atoms with E-state index in [1.54, 1.807) is 6.07 Å². The van der Waals surface area contributed by atoms with Crippen LogP contribution in [0.5, 0.6) is 0 Å². The number of halogens is 1. The van der Waals surface area contributed by atoms with Crippen LogP contribution >= 0.6 is 0 Å². The van der Waals surface area contributed by atoms with Gasteiger partial charge in [0.1, 0.15) is 11.6 Å². The van der Waals surface area contributed by atoms with Gasteiger partial charge < -0.3 is 9.88 Å². The normalized spacial score (nSPS) is 22.3. The summed E-state index contributed by atoms with van der Waals surface area (Å²) >= 11 is 0. The summed E-state index contributed by atoms with van der Waals surface area (Å²) in [4.78, 5) is 4.88. The van der Waals surface area contributed by atoms with E-state index in [-0.39, 0.29) is 11.2 Å². The Balaban J connectivity index is 1.91. The molecule has 0 radical (unpaired) electrons. The molecule has 1 N–H and O–H groups in total. The van der Waals surface area contributed by atoms with E-state index < -0.39 is 0 Å². The molecule has 2 aliphatic rings. The van der Waals surface area contributed by atoms with Gasteiger partial charge in [-0.25, -0.2) is 9.37 Å². The quantitative estimate of drug-likeness (QED) is 0.911. The van der Waals surface area contributed by atoms with Crippen LogP contribution in [0.15, 0.2) is 18.2 Å². The molecular weight excluding hydrogens is 253 g/mol. The zero-order chi connectivity index (χ0) is 13.7. The second-order valence-electron chi connectivity index (χ2n) is 6.48. The Labute approximate surface area is 118 Å². The van der Waals surface area contributed by atoms with Crippen molar-refractivity contribution in [3.05, 3.63) is 29.8 Å². The minimum Gasteiger partial charge on any atom is -0.324 e. The van der Waals surface area contributed by atoms with Crippen LogP contribution in [-0.4, -0.2) is 22.6 Å². The summed E-state index contributed by atoms with van der Waals surface area (Å²) in [5.41, 5.74) is 2.03. The fourth-order valence-electron chi connectivity index (χ4n) is 3.40. The summed E-state index contributed by atoms with van der Waals surface area (Å²) in [5, 5.41) is 3.42. The predicted octanol–water partition coefficient (Wildman–Crippen LogP) is 3.15. The van der Waals surface area contributed by atoms with E-state index in [9.17, 15) is 4.39 Å². The molecule has 0 spiro atoms. The van der Waals surface area contributed by atoms with Gasteiger partial charge in [-0.3, -0.25) is 0 Å². The Morgan fingerprint density at radius 3 is 2.75 bits per heavy atom. The monoisotopic (exact) mass is 273 g/mol. The van der Waals surface area contributed by atoms with Gasteiger partial charge in [0.2, 0.25) is 0 Å².